The van der Waals surface area contributed by atoms with Gasteiger partial charge in [0.05, 0.1) is 23.1 Å². The molecule has 0 spiro atoms. The van der Waals surface area contributed by atoms with Gasteiger partial charge in [-0.25, -0.2) is 4.79 Å². The summed E-state index contributed by atoms with van der Waals surface area (Å²) in [6.07, 6.45) is 3.01. The average Bonchev–Trinajstić information content (AvgIpc) is 3.48. The van der Waals surface area contributed by atoms with Crippen LogP contribution in [0.15, 0.2) is 52.5 Å². The van der Waals surface area contributed by atoms with Crippen LogP contribution in [0.25, 0.3) is 0 Å². The van der Waals surface area contributed by atoms with Crippen molar-refractivity contribution >= 4 is 51.0 Å². The first kappa shape index (κ1) is 23.5. The van der Waals surface area contributed by atoms with Crippen LogP contribution in [0.2, 0.25) is 0 Å². The van der Waals surface area contributed by atoms with Gasteiger partial charge in [-0.15, -0.1) is 0 Å². The maximum absolute atomic E-state index is 13.1. The molecule has 5 rings (SSSR count). The van der Waals surface area contributed by atoms with Crippen molar-refractivity contribution in [2.24, 2.45) is 23.7 Å². The van der Waals surface area contributed by atoms with Gasteiger partial charge in [0.2, 0.25) is 11.8 Å². The third-order valence-electron chi connectivity index (χ3n) is 7.57. The zero-order valence-corrected chi connectivity index (χ0v) is 21.2. The van der Waals surface area contributed by atoms with Crippen LogP contribution in [0, 0.1) is 37.5 Å². The number of benzene rings is 2. The Hall–Kier alpha value is -3.26. The third-order valence-corrected chi connectivity index (χ3v) is 8.43. The summed E-state index contributed by atoms with van der Waals surface area (Å²) in [5.74, 6) is -1.71. The summed E-state index contributed by atoms with van der Waals surface area (Å²) < 4.78 is 6.10. The van der Waals surface area contributed by atoms with Gasteiger partial charge in [0, 0.05) is 10.2 Å². The SMILES string of the molecule is CC1=C[C@H]2C[C@H]1[C@@H]1C(=O)N(c3ccc(C(=O)OCC(=O)Nc4ccc(Br)c(C)c4C)cc3)C(=O)[C@@H]12. The molecule has 0 unspecified atom stereocenters. The Kier molecular flexibility index (Phi) is 5.87. The smallest absolute Gasteiger partial charge is 0.338 e. The highest BCUT2D eigenvalue weighted by atomic mass is 79.9. The predicted molar refractivity (Wildman–Crippen MR) is 134 cm³/mol. The number of hydrogen-bond acceptors (Lipinski definition) is 5. The highest BCUT2D eigenvalue weighted by Crippen LogP contribution is 2.55. The second-order valence-corrected chi connectivity index (χ2v) is 10.4. The first-order valence-electron chi connectivity index (χ1n) is 11.6. The van der Waals surface area contributed by atoms with E-state index in [-0.39, 0.29) is 41.0 Å². The van der Waals surface area contributed by atoms with E-state index >= 15 is 0 Å². The molecule has 4 atom stereocenters. The molecule has 180 valence electrons. The van der Waals surface area contributed by atoms with Crippen molar-refractivity contribution in [3.05, 3.63) is 69.2 Å². The molecule has 8 heteroatoms. The predicted octanol–water partition coefficient (Wildman–Crippen LogP) is 4.56. The highest BCUT2D eigenvalue weighted by Gasteiger charge is 2.60. The lowest BCUT2D eigenvalue weighted by molar-refractivity contribution is -0.123. The van der Waals surface area contributed by atoms with E-state index in [1.165, 1.54) is 22.6 Å². The zero-order chi connectivity index (χ0) is 25.0. The molecule has 0 radical (unpaired) electrons. The molecule has 0 aromatic heterocycles. The summed E-state index contributed by atoms with van der Waals surface area (Å²) in [7, 11) is 0. The fourth-order valence-electron chi connectivity index (χ4n) is 5.60. The normalized spacial score (nSPS) is 24.5. The van der Waals surface area contributed by atoms with E-state index < -0.39 is 18.5 Å². The quantitative estimate of drug-likeness (QED) is 0.343. The first-order valence-corrected chi connectivity index (χ1v) is 12.4. The van der Waals surface area contributed by atoms with Gasteiger partial charge in [0.15, 0.2) is 6.61 Å². The average molecular weight is 537 g/mol. The molecule has 2 bridgehead atoms. The van der Waals surface area contributed by atoms with Crippen molar-refractivity contribution in [1.29, 1.82) is 0 Å². The molecule has 1 saturated heterocycles. The number of fused-ring (bicyclic) bond motifs is 5. The number of halogens is 1. The van der Waals surface area contributed by atoms with Gasteiger partial charge in [-0.05, 0) is 86.6 Å². The van der Waals surface area contributed by atoms with Gasteiger partial charge in [-0.1, -0.05) is 27.6 Å². The summed E-state index contributed by atoms with van der Waals surface area (Å²) in [5, 5.41) is 2.75. The summed E-state index contributed by atoms with van der Waals surface area (Å²) in [5.41, 5.74) is 4.46. The summed E-state index contributed by atoms with van der Waals surface area (Å²) in [6.45, 7) is 5.44. The number of nitrogens with one attached hydrogen (secondary N) is 1. The van der Waals surface area contributed by atoms with Crippen molar-refractivity contribution < 1.29 is 23.9 Å². The van der Waals surface area contributed by atoms with Crippen molar-refractivity contribution in [3.63, 3.8) is 0 Å². The van der Waals surface area contributed by atoms with Gasteiger partial charge in [0.25, 0.3) is 5.91 Å². The minimum absolute atomic E-state index is 0.136. The minimum Gasteiger partial charge on any atom is -0.452 e. The maximum Gasteiger partial charge on any atom is 0.338 e. The van der Waals surface area contributed by atoms with Crippen LogP contribution >= 0.6 is 15.9 Å². The number of anilines is 2. The first-order chi connectivity index (χ1) is 16.7. The van der Waals surface area contributed by atoms with Crippen LogP contribution in [-0.2, 0) is 19.1 Å². The number of nitrogens with zero attached hydrogens (tertiary/aromatic N) is 1. The van der Waals surface area contributed by atoms with Crippen LogP contribution in [0.1, 0.15) is 34.8 Å². The summed E-state index contributed by atoms with van der Waals surface area (Å²) in [6, 6.07) is 9.78. The largest absolute Gasteiger partial charge is 0.452 e. The van der Waals surface area contributed by atoms with Crippen molar-refractivity contribution in [2.45, 2.75) is 27.2 Å². The maximum atomic E-state index is 13.1. The molecule has 2 aromatic carbocycles. The fraction of sp³-hybridized carbons (Fsp3) is 0.333. The lowest BCUT2D eigenvalue weighted by atomic mass is 9.82. The molecule has 2 aromatic rings. The standard InChI is InChI=1S/C27H25BrN2O5/c1-13-10-17-11-19(13)24-23(17)25(32)30(26(24)33)18-6-4-16(5-7-18)27(34)35-12-22(31)29-21-9-8-20(28)14(2)15(21)3/h4-10,17,19,23-24H,11-12H2,1-3H3,(H,29,31)/t17-,19+,23+,24-/m0/s1. The van der Waals surface area contributed by atoms with E-state index in [1.807, 2.05) is 26.8 Å². The second kappa shape index (κ2) is 8.75. The van der Waals surface area contributed by atoms with E-state index in [4.69, 9.17) is 4.74 Å². The number of hydrogen-bond donors (Lipinski definition) is 1. The molecule has 2 fully saturated rings. The second-order valence-electron chi connectivity index (χ2n) is 9.50. The van der Waals surface area contributed by atoms with Crippen molar-refractivity contribution in [2.75, 3.05) is 16.8 Å². The summed E-state index contributed by atoms with van der Waals surface area (Å²) >= 11 is 3.45. The van der Waals surface area contributed by atoms with Gasteiger partial charge in [-0.2, -0.15) is 0 Å². The van der Waals surface area contributed by atoms with Gasteiger partial charge in [-0.3, -0.25) is 19.3 Å². The minimum atomic E-state index is -0.663. The number of amides is 3. The van der Waals surface area contributed by atoms with E-state index in [1.54, 1.807) is 18.2 Å². The Morgan fingerprint density at radius 3 is 2.40 bits per heavy atom. The van der Waals surface area contributed by atoms with E-state index in [0.29, 0.717) is 11.4 Å². The lowest BCUT2D eigenvalue weighted by Gasteiger charge is -2.19. The van der Waals surface area contributed by atoms with Crippen molar-refractivity contribution in [1.82, 2.24) is 0 Å². The molecule has 7 nitrogen and oxygen atoms in total. The zero-order valence-electron chi connectivity index (χ0n) is 19.6. The van der Waals surface area contributed by atoms with Crippen LogP contribution in [0.4, 0.5) is 11.4 Å². The molecule has 1 N–H and O–H groups in total. The van der Waals surface area contributed by atoms with E-state index in [9.17, 15) is 19.2 Å². The Balaban J connectivity index is 1.21. The molecular formula is C27H25BrN2O5. The molecule has 3 amide bonds. The van der Waals surface area contributed by atoms with Crippen LogP contribution in [0.5, 0.6) is 0 Å². The number of carbonyl (C=O) groups excluding carboxylic acids is 4. The van der Waals surface area contributed by atoms with E-state index in [0.717, 1.165) is 22.0 Å². The Labute approximate surface area is 211 Å². The Morgan fingerprint density at radius 2 is 1.69 bits per heavy atom. The molecule has 1 saturated carbocycles. The monoisotopic (exact) mass is 536 g/mol. The molecule has 1 aliphatic heterocycles. The van der Waals surface area contributed by atoms with E-state index in [2.05, 4.69) is 27.3 Å². The molecule has 35 heavy (non-hydrogen) atoms. The lowest BCUT2D eigenvalue weighted by Crippen LogP contribution is -2.33. The molecule has 2 aliphatic carbocycles. The number of imide groups is 1. The Morgan fingerprint density at radius 1 is 1.00 bits per heavy atom. The van der Waals surface area contributed by atoms with Gasteiger partial charge >= 0.3 is 5.97 Å². The van der Waals surface area contributed by atoms with Crippen LogP contribution in [0.3, 0.4) is 0 Å². The van der Waals surface area contributed by atoms with Gasteiger partial charge in [0.1, 0.15) is 0 Å². The van der Waals surface area contributed by atoms with Crippen LogP contribution < -0.4 is 10.2 Å². The van der Waals surface area contributed by atoms with Crippen molar-refractivity contribution in [3.8, 4) is 0 Å². The third kappa shape index (κ3) is 3.89. The number of esters is 1. The number of allylic oxidation sites excluding steroid dienone is 2. The fourth-order valence-corrected chi connectivity index (χ4v) is 6.03. The number of carbonyl (C=O) groups is 4. The molecule has 1 heterocycles. The van der Waals surface area contributed by atoms with Crippen LogP contribution in [-0.4, -0.2) is 30.3 Å². The molecular weight excluding hydrogens is 512 g/mol. The number of rotatable bonds is 5. The highest BCUT2D eigenvalue weighted by molar-refractivity contribution is 9.10. The number of ether oxygens (including phenoxy) is 1. The van der Waals surface area contributed by atoms with Gasteiger partial charge < -0.3 is 10.1 Å². The Bertz CT molecular complexity index is 1300. The topological polar surface area (TPSA) is 92.8 Å². The summed E-state index contributed by atoms with van der Waals surface area (Å²) in [4.78, 5) is 52.1. The molecule has 3 aliphatic rings.